The quantitative estimate of drug-likeness (QED) is 0.752. The second-order valence-corrected chi connectivity index (χ2v) is 3.76. The average Bonchev–Trinajstić information content (AvgIpc) is 2.57. The molecule has 0 saturated carbocycles. The SMILES string of the molecule is COCC(C)NCCc1cscn1. The first-order chi connectivity index (χ1) is 6.33. The maximum Gasteiger partial charge on any atom is 0.0794 e. The van der Waals surface area contributed by atoms with Crippen LogP contribution in [-0.2, 0) is 11.2 Å². The van der Waals surface area contributed by atoms with Gasteiger partial charge in [-0.15, -0.1) is 11.3 Å². The zero-order chi connectivity index (χ0) is 9.52. The standard InChI is InChI=1S/C9H16N2OS/c1-8(5-12-2)10-4-3-9-6-13-7-11-9/h6-8,10H,3-5H2,1-2H3. The van der Waals surface area contributed by atoms with Gasteiger partial charge in [-0.25, -0.2) is 4.98 Å². The molecule has 1 atom stereocenters. The predicted octanol–water partition coefficient (Wildman–Crippen LogP) is 1.31. The zero-order valence-corrected chi connectivity index (χ0v) is 8.93. The molecule has 0 aliphatic heterocycles. The maximum atomic E-state index is 5.02. The number of rotatable bonds is 6. The van der Waals surface area contributed by atoms with E-state index in [0.29, 0.717) is 6.04 Å². The van der Waals surface area contributed by atoms with Gasteiger partial charge in [0.25, 0.3) is 0 Å². The van der Waals surface area contributed by atoms with Gasteiger partial charge in [-0.2, -0.15) is 0 Å². The van der Waals surface area contributed by atoms with Gasteiger partial charge < -0.3 is 10.1 Å². The highest BCUT2D eigenvalue weighted by Crippen LogP contribution is 2.00. The molecule has 1 N–H and O–H groups in total. The molecule has 1 rings (SSSR count). The topological polar surface area (TPSA) is 34.1 Å². The third-order valence-electron chi connectivity index (χ3n) is 1.77. The smallest absolute Gasteiger partial charge is 0.0794 e. The molecule has 4 heteroatoms. The van der Waals surface area contributed by atoms with Crippen molar-refractivity contribution in [2.24, 2.45) is 0 Å². The van der Waals surface area contributed by atoms with Crippen molar-refractivity contribution in [1.82, 2.24) is 10.3 Å². The van der Waals surface area contributed by atoms with Gasteiger partial charge in [-0.1, -0.05) is 0 Å². The van der Waals surface area contributed by atoms with E-state index in [1.165, 1.54) is 5.69 Å². The summed E-state index contributed by atoms with van der Waals surface area (Å²) in [5.41, 5.74) is 3.04. The molecule has 0 saturated heterocycles. The van der Waals surface area contributed by atoms with Gasteiger partial charge in [0, 0.05) is 31.5 Å². The molecule has 0 fully saturated rings. The lowest BCUT2D eigenvalue weighted by Gasteiger charge is -2.11. The van der Waals surface area contributed by atoms with Crippen molar-refractivity contribution in [3.05, 3.63) is 16.6 Å². The summed E-state index contributed by atoms with van der Waals surface area (Å²) in [6, 6.07) is 0.420. The fraction of sp³-hybridized carbons (Fsp3) is 0.667. The molecule has 0 amide bonds. The maximum absolute atomic E-state index is 5.02. The molecule has 0 spiro atoms. The Morgan fingerprint density at radius 2 is 2.54 bits per heavy atom. The molecular formula is C9H16N2OS. The summed E-state index contributed by atoms with van der Waals surface area (Å²) in [5.74, 6) is 0. The molecule has 0 aromatic carbocycles. The molecule has 0 bridgehead atoms. The van der Waals surface area contributed by atoms with E-state index in [1.807, 2.05) is 5.51 Å². The largest absolute Gasteiger partial charge is 0.383 e. The minimum absolute atomic E-state index is 0.420. The number of ether oxygens (including phenoxy) is 1. The lowest BCUT2D eigenvalue weighted by Crippen LogP contribution is -2.31. The van der Waals surface area contributed by atoms with Crippen molar-refractivity contribution in [2.45, 2.75) is 19.4 Å². The Kier molecular flexibility index (Phi) is 4.97. The summed E-state index contributed by atoms with van der Waals surface area (Å²) < 4.78 is 5.02. The first-order valence-corrected chi connectivity index (χ1v) is 5.36. The molecule has 1 heterocycles. The first kappa shape index (κ1) is 10.6. The van der Waals surface area contributed by atoms with Crippen LogP contribution in [0.2, 0.25) is 0 Å². The van der Waals surface area contributed by atoms with E-state index >= 15 is 0 Å². The van der Waals surface area contributed by atoms with E-state index in [4.69, 9.17) is 4.74 Å². The van der Waals surface area contributed by atoms with Crippen LogP contribution in [0, 0.1) is 0 Å². The summed E-state index contributed by atoms with van der Waals surface area (Å²) in [7, 11) is 1.72. The number of nitrogens with zero attached hydrogens (tertiary/aromatic N) is 1. The van der Waals surface area contributed by atoms with Crippen LogP contribution in [0.15, 0.2) is 10.9 Å². The third kappa shape index (κ3) is 4.36. The van der Waals surface area contributed by atoms with Crippen LogP contribution in [-0.4, -0.2) is 31.3 Å². The van der Waals surface area contributed by atoms with E-state index in [-0.39, 0.29) is 0 Å². The van der Waals surface area contributed by atoms with Crippen molar-refractivity contribution in [3.8, 4) is 0 Å². The molecule has 0 aliphatic rings. The Morgan fingerprint density at radius 1 is 1.69 bits per heavy atom. The second-order valence-electron chi connectivity index (χ2n) is 3.04. The van der Waals surface area contributed by atoms with E-state index in [0.717, 1.165) is 19.6 Å². The minimum atomic E-state index is 0.420. The third-order valence-corrected chi connectivity index (χ3v) is 2.41. The number of aromatic nitrogens is 1. The lowest BCUT2D eigenvalue weighted by atomic mass is 10.3. The van der Waals surface area contributed by atoms with Crippen molar-refractivity contribution in [3.63, 3.8) is 0 Å². The van der Waals surface area contributed by atoms with E-state index in [1.54, 1.807) is 18.4 Å². The molecule has 3 nitrogen and oxygen atoms in total. The molecule has 13 heavy (non-hydrogen) atoms. The monoisotopic (exact) mass is 200 g/mol. The molecule has 1 aromatic heterocycles. The Labute approximate surface area is 83.1 Å². The van der Waals surface area contributed by atoms with Gasteiger partial charge in [-0.05, 0) is 6.92 Å². The van der Waals surface area contributed by atoms with Gasteiger partial charge in [0.1, 0.15) is 0 Å². The Bertz CT molecular complexity index is 213. The van der Waals surface area contributed by atoms with Crippen LogP contribution in [0.25, 0.3) is 0 Å². The van der Waals surface area contributed by atoms with Gasteiger partial charge in [0.2, 0.25) is 0 Å². The lowest BCUT2D eigenvalue weighted by molar-refractivity contribution is 0.172. The van der Waals surface area contributed by atoms with E-state index in [2.05, 4.69) is 22.6 Å². The molecule has 0 radical (unpaired) electrons. The number of methoxy groups -OCH3 is 1. The number of hydrogen-bond donors (Lipinski definition) is 1. The fourth-order valence-electron chi connectivity index (χ4n) is 1.12. The van der Waals surface area contributed by atoms with Crippen LogP contribution in [0.5, 0.6) is 0 Å². The van der Waals surface area contributed by atoms with Crippen molar-refractivity contribution in [2.75, 3.05) is 20.3 Å². The predicted molar refractivity (Wildman–Crippen MR) is 55.2 cm³/mol. The highest BCUT2D eigenvalue weighted by atomic mass is 32.1. The fourth-order valence-corrected chi connectivity index (χ4v) is 1.71. The number of thiazole rings is 1. The van der Waals surface area contributed by atoms with Crippen LogP contribution >= 0.6 is 11.3 Å². The average molecular weight is 200 g/mol. The molecule has 74 valence electrons. The molecule has 1 aromatic rings. The van der Waals surface area contributed by atoms with Gasteiger partial charge in [-0.3, -0.25) is 0 Å². The summed E-state index contributed by atoms with van der Waals surface area (Å²) in [6.07, 6.45) is 0.998. The number of hydrogen-bond acceptors (Lipinski definition) is 4. The van der Waals surface area contributed by atoms with Crippen molar-refractivity contribution in [1.29, 1.82) is 0 Å². The van der Waals surface area contributed by atoms with E-state index < -0.39 is 0 Å². The van der Waals surface area contributed by atoms with Crippen LogP contribution in [0.1, 0.15) is 12.6 Å². The highest BCUT2D eigenvalue weighted by Gasteiger charge is 2.00. The summed E-state index contributed by atoms with van der Waals surface area (Å²) in [4.78, 5) is 4.21. The van der Waals surface area contributed by atoms with Crippen LogP contribution in [0.4, 0.5) is 0 Å². The minimum Gasteiger partial charge on any atom is -0.383 e. The Balaban J connectivity index is 2.07. The molecular weight excluding hydrogens is 184 g/mol. The van der Waals surface area contributed by atoms with Crippen molar-refractivity contribution < 1.29 is 4.74 Å². The molecule has 1 unspecified atom stereocenters. The Morgan fingerprint density at radius 3 is 3.15 bits per heavy atom. The molecule has 0 aliphatic carbocycles. The summed E-state index contributed by atoms with van der Waals surface area (Å²) in [6.45, 7) is 3.84. The highest BCUT2D eigenvalue weighted by molar-refractivity contribution is 7.07. The van der Waals surface area contributed by atoms with Crippen LogP contribution in [0.3, 0.4) is 0 Å². The van der Waals surface area contributed by atoms with Crippen molar-refractivity contribution >= 4 is 11.3 Å². The normalized spacial score (nSPS) is 13.1. The Hall–Kier alpha value is -0.450. The van der Waals surface area contributed by atoms with Gasteiger partial charge in [0.05, 0.1) is 17.8 Å². The van der Waals surface area contributed by atoms with E-state index in [9.17, 15) is 0 Å². The van der Waals surface area contributed by atoms with Gasteiger partial charge in [0.15, 0.2) is 0 Å². The second kappa shape index (κ2) is 6.07. The number of nitrogens with one attached hydrogen (secondary N) is 1. The zero-order valence-electron chi connectivity index (χ0n) is 8.12. The summed E-state index contributed by atoms with van der Waals surface area (Å²) >= 11 is 1.65. The van der Waals surface area contributed by atoms with Gasteiger partial charge >= 0.3 is 0 Å². The first-order valence-electron chi connectivity index (χ1n) is 4.42. The summed E-state index contributed by atoms with van der Waals surface area (Å²) in [5, 5.41) is 5.45. The van der Waals surface area contributed by atoms with Crippen LogP contribution < -0.4 is 5.32 Å².